The van der Waals surface area contributed by atoms with Gasteiger partial charge in [-0.3, -0.25) is 0 Å². The van der Waals surface area contributed by atoms with Gasteiger partial charge in [-0.25, -0.2) is 9.78 Å². The van der Waals surface area contributed by atoms with Crippen molar-refractivity contribution in [3.63, 3.8) is 0 Å². The molecule has 0 bridgehead atoms. The number of nitrogens with one attached hydrogen (secondary N) is 2. The molecular weight excluding hydrogens is 180 g/mol. The van der Waals surface area contributed by atoms with E-state index in [1.165, 1.54) is 0 Å². The molecule has 5 nitrogen and oxygen atoms in total. The van der Waals surface area contributed by atoms with E-state index in [1.54, 1.807) is 24.3 Å². The maximum atomic E-state index is 11.5. The highest BCUT2D eigenvalue weighted by Gasteiger charge is 2.10. The van der Waals surface area contributed by atoms with Crippen molar-refractivity contribution >= 4 is 6.03 Å². The summed E-state index contributed by atoms with van der Waals surface area (Å²) in [5.74, 6) is 0.784. The molecule has 1 aromatic heterocycles. The van der Waals surface area contributed by atoms with Crippen LogP contribution in [0.25, 0.3) is 0 Å². The Balaban J connectivity index is 2.42. The fourth-order valence-corrected chi connectivity index (χ4v) is 1.04. The van der Waals surface area contributed by atoms with Gasteiger partial charge in [0.05, 0.1) is 6.54 Å². The third kappa shape index (κ3) is 3.08. The number of hydrogen-bond acceptors (Lipinski definition) is 2. The molecule has 78 valence electrons. The highest BCUT2D eigenvalue weighted by Crippen LogP contribution is 1.96. The standard InChI is InChI=1S/C9H16N4O/c1-7(2)12-9(14)13(3)6-8-10-4-5-11-8/h4-5,7H,6H2,1-3H3,(H,10,11)(H,12,14). The lowest BCUT2D eigenvalue weighted by atomic mass is 10.4. The van der Waals surface area contributed by atoms with Crippen LogP contribution >= 0.6 is 0 Å². The Labute approximate surface area is 83.5 Å². The third-order valence-electron chi connectivity index (χ3n) is 1.70. The van der Waals surface area contributed by atoms with Crippen LogP contribution in [0, 0.1) is 0 Å². The molecule has 0 saturated heterocycles. The Morgan fingerprint density at radius 3 is 2.93 bits per heavy atom. The van der Waals surface area contributed by atoms with E-state index in [0.717, 1.165) is 5.82 Å². The number of nitrogens with zero attached hydrogens (tertiary/aromatic N) is 2. The number of hydrogen-bond donors (Lipinski definition) is 2. The molecule has 5 heteroatoms. The largest absolute Gasteiger partial charge is 0.347 e. The zero-order valence-electron chi connectivity index (χ0n) is 8.74. The van der Waals surface area contributed by atoms with Crippen molar-refractivity contribution < 1.29 is 4.79 Å². The van der Waals surface area contributed by atoms with Crippen LogP contribution < -0.4 is 5.32 Å². The summed E-state index contributed by atoms with van der Waals surface area (Å²) in [5, 5.41) is 2.80. The van der Waals surface area contributed by atoms with Crippen molar-refractivity contribution in [3.8, 4) is 0 Å². The van der Waals surface area contributed by atoms with Gasteiger partial charge in [0.15, 0.2) is 0 Å². The number of H-pyrrole nitrogens is 1. The van der Waals surface area contributed by atoms with Gasteiger partial charge in [-0.05, 0) is 13.8 Å². The molecule has 0 saturated carbocycles. The summed E-state index contributed by atoms with van der Waals surface area (Å²) in [6.45, 7) is 4.35. The topological polar surface area (TPSA) is 61.0 Å². The minimum Gasteiger partial charge on any atom is -0.347 e. The molecule has 1 heterocycles. The van der Waals surface area contributed by atoms with Crippen LogP contribution in [0.1, 0.15) is 19.7 Å². The highest BCUT2D eigenvalue weighted by molar-refractivity contribution is 5.73. The van der Waals surface area contributed by atoms with Gasteiger partial charge in [0, 0.05) is 25.5 Å². The number of imidazole rings is 1. The molecule has 14 heavy (non-hydrogen) atoms. The number of carbonyl (C=O) groups is 1. The first-order valence-corrected chi connectivity index (χ1v) is 4.59. The lowest BCUT2D eigenvalue weighted by Crippen LogP contribution is -2.40. The average molecular weight is 196 g/mol. The molecule has 2 N–H and O–H groups in total. The fourth-order valence-electron chi connectivity index (χ4n) is 1.04. The molecule has 0 aliphatic rings. The lowest BCUT2D eigenvalue weighted by molar-refractivity contribution is 0.203. The van der Waals surface area contributed by atoms with Gasteiger partial charge >= 0.3 is 6.03 Å². The number of aromatic amines is 1. The second kappa shape index (κ2) is 4.64. The van der Waals surface area contributed by atoms with Crippen LogP contribution in [-0.4, -0.2) is 34.0 Å². The molecule has 0 radical (unpaired) electrons. The summed E-state index contributed by atoms with van der Waals surface area (Å²) in [7, 11) is 1.74. The first kappa shape index (κ1) is 10.6. The molecule has 0 unspecified atom stereocenters. The normalized spacial score (nSPS) is 10.3. The highest BCUT2D eigenvalue weighted by atomic mass is 16.2. The first-order chi connectivity index (χ1) is 6.59. The first-order valence-electron chi connectivity index (χ1n) is 4.59. The molecule has 1 rings (SSSR count). The Kier molecular flexibility index (Phi) is 3.50. The van der Waals surface area contributed by atoms with Crippen LogP contribution in [-0.2, 0) is 6.54 Å². The fraction of sp³-hybridized carbons (Fsp3) is 0.556. The number of amides is 2. The Morgan fingerprint density at radius 2 is 2.43 bits per heavy atom. The van der Waals surface area contributed by atoms with Crippen LogP contribution in [0.5, 0.6) is 0 Å². The summed E-state index contributed by atoms with van der Waals surface area (Å²) in [6.07, 6.45) is 3.41. The SMILES string of the molecule is CC(C)NC(=O)N(C)Cc1ncc[nH]1. The van der Waals surface area contributed by atoms with Crippen LogP contribution in [0.4, 0.5) is 4.79 Å². The summed E-state index contributed by atoms with van der Waals surface area (Å²) < 4.78 is 0. The van der Waals surface area contributed by atoms with Crippen molar-refractivity contribution in [3.05, 3.63) is 18.2 Å². The van der Waals surface area contributed by atoms with Crippen molar-refractivity contribution in [1.82, 2.24) is 20.2 Å². The second-order valence-electron chi connectivity index (χ2n) is 3.50. The molecular formula is C9H16N4O. The zero-order chi connectivity index (χ0) is 10.6. The van der Waals surface area contributed by atoms with Gasteiger partial charge in [-0.2, -0.15) is 0 Å². The molecule has 0 aliphatic heterocycles. The predicted molar refractivity (Wildman–Crippen MR) is 53.7 cm³/mol. The van der Waals surface area contributed by atoms with E-state index in [9.17, 15) is 4.79 Å². The Bertz CT molecular complexity index is 281. The lowest BCUT2D eigenvalue weighted by Gasteiger charge is -2.18. The average Bonchev–Trinajstić information content (AvgIpc) is 2.55. The van der Waals surface area contributed by atoms with Crippen molar-refractivity contribution in [2.24, 2.45) is 0 Å². The maximum Gasteiger partial charge on any atom is 0.317 e. The van der Waals surface area contributed by atoms with E-state index in [-0.39, 0.29) is 12.1 Å². The summed E-state index contributed by atoms with van der Waals surface area (Å²) >= 11 is 0. The monoisotopic (exact) mass is 196 g/mol. The molecule has 0 aromatic carbocycles. The van der Waals surface area contributed by atoms with E-state index in [2.05, 4.69) is 15.3 Å². The van der Waals surface area contributed by atoms with E-state index < -0.39 is 0 Å². The van der Waals surface area contributed by atoms with Gasteiger partial charge in [-0.1, -0.05) is 0 Å². The molecule has 0 fully saturated rings. The van der Waals surface area contributed by atoms with Gasteiger partial charge in [-0.15, -0.1) is 0 Å². The van der Waals surface area contributed by atoms with E-state index >= 15 is 0 Å². The zero-order valence-corrected chi connectivity index (χ0v) is 8.74. The minimum absolute atomic E-state index is 0.0867. The second-order valence-corrected chi connectivity index (χ2v) is 3.50. The van der Waals surface area contributed by atoms with E-state index in [4.69, 9.17) is 0 Å². The van der Waals surface area contributed by atoms with Crippen LogP contribution in [0.3, 0.4) is 0 Å². The number of carbonyl (C=O) groups excluding carboxylic acids is 1. The Hall–Kier alpha value is -1.52. The van der Waals surface area contributed by atoms with Gasteiger partial charge in [0.25, 0.3) is 0 Å². The minimum atomic E-state index is -0.0867. The molecule has 2 amide bonds. The van der Waals surface area contributed by atoms with E-state index in [0.29, 0.717) is 6.54 Å². The quantitative estimate of drug-likeness (QED) is 0.756. The molecule has 1 aromatic rings. The van der Waals surface area contributed by atoms with Gasteiger partial charge in [0.1, 0.15) is 5.82 Å². The number of aromatic nitrogens is 2. The van der Waals surface area contributed by atoms with Crippen molar-refractivity contribution in [2.45, 2.75) is 26.4 Å². The van der Waals surface area contributed by atoms with Crippen molar-refractivity contribution in [2.75, 3.05) is 7.05 Å². The summed E-state index contributed by atoms with van der Waals surface area (Å²) in [5.41, 5.74) is 0. The van der Waals surface area contributed by atoms with Crippen LogP contribution in [0.15, 0.2) is 12.4 Å². The van der Waals surface area contributed by atoms with E-state index in [1.807, 2.05) is 13.8 Å². The molecule has 0 aliphatic carbocycles. The maximum absolute atomic E-state index is 11.5. The third-order valence-corrected chi connectivity index (χ3v) is 1.70. The predicted octanol–water partition coefficient (Wildman–Crippen LogP) is 0.959. The molecule has 0 spiro atoms. The van der Waals surface area contributed by atoms with Gasteiger partial charge < -0.3 is 15.2 Å². The van der Waals surface area contributed by atoms with Crippen molar-refractivity contribution in [1.29, 1.82) is 0 Å². The number of rotatable bonds is 3. The van der Waals surface area contributed by atoms with Crippen LogP contribution in [0.2, 0.25) is 0 Å². The summed E-state index contributed by atoms with van der Waals surface area (Å²) in [4.78, 5) is 20.0. The summed E-state index contributed by atoms with van der Waals surface area (Å²) in [6, 6.07) is 0.0675. The Morgan fingerprint density at radius 1 is 1.71 bits per heavy atom. The molecule has 0 atom stereocenters. The number of urea groups is 1. The van der Waals surface area contributed by atoms with Gasteiger partial charge in [0.2, 0.25) is 0 Å². The smallest absolute Gasteiger partial charge is 0.317 e.